The van der Waals surface area contributed by atoms with Gasteiger partial charge in [-0.05, 0) is 12.1 Å². The summed E-state index contributed by atoms with van der Waals surface area (Å²) >= 11 is 0. The molecule has 8 heteroatoms. The zero-order valence-corrected chi connectivity index (χ0v) is 11.9. The number of methoxy groups -OCH3 is 1. The topological polar surface area (TPSA) is 93.4 Å². The second-order valence-corrected chi connectivity index (χ2v) is 4.14. The van der Waals surface area contributed by atoms with Crippen molar-refractivity contribution in [2.75, 3.05) is 31.4 Å². The number of para-hydroxylation sites is 2. The van der Waals surface area contributed by atoms with E-state index in [0.717, 1.165) is 0 Å². The van der Waals surface area contributed by atoms with Crippen LogP contribution in [0.25, 0.3) is 0 Å². The summed E-state index contributed by atoms with van der Waals surface area (Å²) in [5, 5.41) is 13.9. The Balaban J connectivity index is 2.56. The van der Waals surface area contributed by atoms with Crippen LogP contribution in [0.15, 0.2) is 30.5 Å². The quantitative estimate of drug-likeness (QED) is 0.666. The van der Waals surface area contributed by atoms with Crippen LogP contribution >= 0.6 is 0 Å². The molecule has 110 valence electrons. The lowest BCUT2D eigenvalue weighted by Gasteiger charge is -2.20. The molecule has 0 fully saturated rings. The molecule has 1 aromatic heterocycles. The molecule has 21 heavy (non-hydrogen) atoms. The van der Waals surface area contributed by atoms with Gasteiger partial charge in [0.2, 0.25) is 11.8 Å². The van der Waals surface area contributed by atoms with Crippen molar-refractivity contribution in [1.82, 2.24) is 9.97 Å². The van der Waals surface area contributed by atoms with Crippen molar-refractivity contribution in [3.63, 3.8) is 0 Å². The second-order valence-electron chi connectivity index (χ2n) is 4.14. The highest BCUT2D eigenvalue weighted by atomic mass is 16.6. The van der Waals surface area contributed by atoms with E-state index < -0.39 is 4.92 Å². The van der Waals surface area contributed by atoms with Gasteiger partial charge in [-0.25, -0.2) is 4.98 Å². The van der Waals surface area contributed by atoms with Crippen LogP contribution < -0.4 is 15.0 Å². The first-order valence-corrected chi connectivity index (χ1v) is 6.14. The van der Waals surface area contributed by atoms with Crippen LogP contribution in [0, 0.1) is 10.1 Å². The minimum absolute atomic E-state index is 0.178. The molecule has 0 saturated heterocycles. The van der Waals surface area contributed by atoms with Gasteiger partial charge in [0.05, 0.1) is 17.7 Å². The van der Waals surface area contributed by atoms with E-state index in [0.29, 0.717) is 17.4 Å². The lowest BCUT2D eigenvalue weighted by molar-refractivity contribution is -0.384. The van der Waals surface area contributed by atoms with E-state index in [4.69, 9.17) is 4.74 Å². The van der Waals surface area contributed by atoms with Gasteiger partial charge in [-0.3, -0.25) is 10.1 Å². The lowest BCUT2D eigenvalue weighted by Crippen LogP contribution is -2.15. The van der Waals surface area contributed by atoms with E-state index in [1.54, 1.807) is 38.2 Å². The van der Waals surface area contributed by atoms with Gasteiger partial charge >= 0.3 is 5.69 Å². The summed E-state index contributed by atoms with van der Waals surface area (Å²) in [7, 11) is 4.88. The van der Waals surface area contributed by atoms with E-state index in [1.165, 1.54) is 6.20 Å². The van der Waals surface area contributed by atoms with Gasteiger partial charge in [0.25, 0.3) is 0 Å². The fraction of sp³-hybridized carbons (Fsp3) is 0.231. The minimum atomic E-state index is -0.513. The Bertz CT molecular complexity index is 662. The highest BCUT2D eigenvalue weighted by molar-refractivity contribution is 5.72. The summed E-state index contributed by atoms with van der Waals surface area (Å²) in [4.78, 5) is 20.3. The summed E-state index contributed by atoms with van der Waals surface area (Å²) in [5.41, 5.74) is 0.492. The monoisotopic (exact) mass is 289 g/mol. The molecule has 0 aliphatic carbocycles. The third-order valence-corrected chi connectivity index (χ3v) is 2.93. The number of nitrogens with zero attached hydrogens (tertiary/aromatic N) is 4. The number of nitro groups is 1. The van der Waals surface area contributed by atoms with Crippen molar-refractivity contribution < 1.29 is 9.66 Å². The average molecular weight is 289 g/mol. The molecule has 0 aliphatic heterocycles. The molecule has 8 nitrogen and oxygen atoms in total. The number of rotatable bonds is 5. The van der Waals surface area contributed by atoms with Gasteiger partial charge in [-0.1, -0.05) is 12.1 Å². The molecular formula is C13H15N5O3. The molecule has 0 unspecified atom stereocenters. The molecular weight excluding hydrogens is 274 g/mol. The molecule has 0 spiro atoms. The second kappa shape index (κ2) is 6.04. The number of anilines is 3. The van der Waals surface area contributed by atoms with Crippen molar-refractivity contribution in [3.05, 3.63) is 40.6 Å². The Morgan fingerprint density at radius 1 is 1.38 bits per heavy atom. The summed E-state index contributed by atoms with van der Waals surface area (Å²) in [5.74, 6) is 1.08. The first-order chi connectivity index (χ1) is 10.1. The molecule has 2 aromatic rings. The van der Waals surface area contributed by atoms with Crippen molar-refractivity contribution >= 4 is 23.1 Å². The zero-order valence-electron chi connectivity index (χ0n) is 11.9. The van der Waals surface area contributed by atoms with E-state index in [-0.39, 0.29) is 11.5 Å². The molecule has 0 radical (unpaired) electrons. The van der Waals surface area contributed by atoms with Crippen molar-refractivity contribution in [2.24, 2.45) is 0 Å². The van der Waals surface area contributed by atoms with Crippen molar-refractivity contribution in [3.8, 4) is 5.75 Å². The molecule has 0 amide bonds. The highest BCUT2D eigenvalue weighted by Gasteiger charge is 2.23. The number of nitrogens with one attached hydrogen (secondary N) is 1. The van der Waals surface area contributed by atoms with Crippen LogP contribution in [0.2, 0.25) is 0 Å². The van der Waals surface area contributed by atoms with E-state index in [2.05, 4.69) is 15.3 Å². The summed E-state index contributed by atoms with van der Waals surface area (Å²) < 4.78 is 5.27. The van der Waals surface area contributed by atoms with Crippen LogP contribution in [0.4, 0.5) is 23.1 Å². The molecule has 1 aromatic carbocycles. The van der Waals surface area contributed by atoms with Gasteiger partial charge in [0.1, 0.15) is 11.9 Å². The van der Waals surface area contributed by atoms with Crippen molar-refractivity contribution in [2.45, 2.75) is 0 Å². The largest absolute Gasteiger partial charge is 0.495 e. The molecule has 2 rings (SSSR count). The van der Waals surface area contributed by atoms with Crippen LogP contribution in [-0.2, 0) is 0 Å². The lowest BCUT2D eigenvalue weighted by atomic mass is 10.2. The number of ether oxygens (including phenoxy) is 1. The Hall–Kier alpha value is -2.90. The smallest absolute Gasteiger partial charge is 0.330 e. The normalized spacial score (nSPS) is 10.0. The third-order valence-electron chi connectivity index (χ3n) is 2.93. The van der Waals surface area contributed by atoms with Gasteiger partial charge < -0.3 is 15.0 Å². The molecule has 1 N–H and O–H groups in total. The number of hydrogen-bond acceptors (Lipinski definition) is 7. The Labute approximate surface area is 121 Å². The summed E-state index contributed by atoms with van der Waals surface area (Å²) in [6, 6.07) is 7.21. The number of aromatic nitrogens is 2. The molecule has 0 aliphatic rings. The van der Waals surface area contributed by atoms with Crippen LogP contribution in [0.3, 0.4) is 0 Å². The number of hydrogen-bond donors (Lipinski definition) is 1. The first-order valence-electron chi connectivity index (χ1n) is 6.14. The third kappa shape index (κ3) is 2.83. The minimum Gasteiger partial charge on any atom is -0.495 e. The van der Waals surface area contributed by atoms with Crippen molar-refractivity contribution in [1.29, 1.82) is 0 Å². The van der Waals surface area contributed by atoms with Gasteiger partial charge in [0.15, 0.2) is 0 Å². The Morgan fingerprint density at radius 2 is 2.10 bits per heavy atom. The predicted molar refractivity (Wildman–Crippen MR) is 79.3 cm³/mol. The maximum absolute atomic E-state index is 11.2. The fourth-order valence-corrected chi connectivity index (χ4v) is 1.88. The van der Waals surface area contributed by atoms with E-state index in [1.807, 2.05) is 12.1 Å². The molecule has 0 saturated carbocycles. The first kappa shape index (κ1) is 14.5. The Morgan fingerprint density at radius 3 is 2.71 bits per heavy atom. The SMILES string of the molecule is CNc1ncc([N+](=O)[O-])c(N(C)c2ccccc2OC)n1. The van der Waals surface area contributed by atoms with Gasteiger partial charge in [-0.2, -0.15) is 4.98 Å². The highest BCUT2D eigenvalue weighted by Crippen LogP contribution is 2.35. The van der Waals surface area contributed by atoms with Gasteiger partial charge in [-0.15, -0.1) is 0 Å². The summed E-state index contributed by atoms with van der Waals surface area (Å²) in [6.07, 6.45) is 1.18. The van der Waals surface area contributed by atoms with Crippen LogP contribution in [0.5, 0.6) is 5.75 Å². The van der Waals surface area contributed by atoms with E-state index in [9.17, 15) is 10.1 Å². The van der Waals surface area contributed by atoms with Crippen LogP contribution in [-0.4, -0.2) is 36.1 Å². The molecule has 0 bridgehead atoms. The Kier molecular flexibility index (Phi) is 4.17. The summed E-state index contributed by atoms with van der Waals surface area (Å²) in [6.45, 7) is 0. The molecule has 1 heterocycles. The zero-order chi connectivity index (χ0) is 15.4. The van der Waals surface area contributed by atoms with Gasteiger partial charge in [0, 0.05) is 14.1 Å². The maximum atomic E-state index is 11.2. The van der Waals surface area contributed by atoms with E-state index >= 15 is 0 Å². The maximum Gasteiger partial charge on any atom is 0.330 e. The number of benzene rings is 1. The fourth-order valence-electron chi connectivity index (χ4n) is 1.88. The average Bonchev–Trinajstić information content (AvgIpc) is 2.53. The van der Waals surface area contributed by atoms with Crippen LogP contribution in [0.1, 0.15) is 0 Å². The predicted octanol–water partition coefficient (Wildman–Crippen LogP) is 2.20. The molecule has 0 atom stereocenters. The standard InChI is InChI=1S/C13H15N5O3/c1-14-13-15-8-10(18(19)20)12(16-13)17(2)9-6-4-5-7-11(9)21-3/h4-8H,1-3H3,(H,14,15,16).